The quantitative estimate of drug-likeness (QED) is 0.404. The summed E-state index contributed by atoms with van der Waals surface area (Å²) >= 11 is 0. The van der Waals surface area contributed by atoms with Gasteiger partial charge in [0.15, 0.2) is 6.29 Å². The van der Waals surface area contributed by atoms with Crippen LogP contribution in [-0.2, 0) is 20.7 Å². The summed E-state index contributed by atoms with van der Waals surface area (Å²) in [7, 11) is 0. The predicted molar refractivity (Wildman–Crippen MR) is 138 cm³/mol. The maximum atomic E-state index is 6.15. The molecule has 0 radical (unpaired) electrons. The van der Waals surface area contributed by atoms with Crippen molar-refractivity contribution in [2.24, 2.45) is 0 Å². The van der Waals surface area contributed by atoms with Crippen molar-refractivity contribution >= 4 is 0 Å². The fourth-order valence-corrected chi connectivity index (χ4v) is 5.92. The van der Waals surface area contributed by atoms with E-state index in [1.807, 2.05) is 0 Å². The van der Waals surface area contributed by atoms with Crippen molar-refractivity contribution in [1.29, 1.82) is 0 Å². The van der Waals surface area contributed by atoms with E-state index in [0.29, 0.717) is 25.0 Å². The highest BCUT2D eigenvalue weighted by atomic mass is 16.7. The topological polar surface area (TPSA) is 30.9 Å². The Hall–Kier alpha value is -2.14. The number of hydroxylamine groups is 2. The molecular formula is C30H41NO3. The van der Waals surface area contributed by atoms with Crippen molar-refractivity contribution in [1.82, 2.24) is 5.06 Å². The average molecular weight is 464 g/mol. The summed E-state index contributed by atoms with van der Waals surface area (Å²) < 4.78 is 12.3. The lowest BCUT2D eigenvalue weighted by atomic mass is 9.72. The zero-order chi connectivity index (χ0) is 24.3. The van der Waals surface area contributed by atoms with Crippen molar-refractivity contribution < 1.29 is 14.3 Å². The number of aryl methyl sites for hydroxylation is 1. The monoisotopic (exact) mass is 463 g/mol. The van der Waals surface area contributed by atoms with Crippen LogP contribution in [0.2, 0.25) is 0 Å². The van der Waals surface area contributed by atoms with E-state index in [4.69, 9.17) is 14.3 Å². The van der Waals surface area contributed by atoms with Gasteiger partial charge in [0.2, 0.25) is 0 Å². The van der Waals surface area contributed by atoms with Gasteiger partial charge in [-0.2, -0.15) is 0 Å². The molecule has 0 aromatic heterocycles. The van der Waals surface area contributed by atoms with Crippen molar-refractivity contribution in [2.75, 3.05) is 13.2 Å². The summed E-state index contributed by atoms with van der Waals surface area (Å²) in [5.74, 6) is 0.760. The second kappa shape index (κ2) is 10.2. The van der Waals surface area contributed by atoms with E-state index >= 15 is 0 Å². The highest BCUT2D eigenvalue weighted by Gasteiger charge is 2.47. The molecule has 4 heteroatoms. The number of hydrogen-bond donors (Lipinski definition) is 0. The smallest absolute Gasteiger partial charge is 0.183 e. The van der Waals surface area contributed by atoms with E-state index in [1.165, 1.54) is 29.4 Å². The minimum absolute atomic E-state index is 0.0847. The largest absolute Gasteiger partial charge is 0.413 e. The first-order valence-corrected chi connectivity index (χ1v) is 12.7. The molecule has 2 aliphatic rings. The summed E-state index contributed by atoms with van der Waals surface area (Å²) in [6.45, 7) is 16.3. The Morgan fingerprint density at radius 3 is 1.88 bits per heavy atom. The van der Waals surface area contributed by atoms with Crippen LogP contribution in [0.4, 0.5) is 0 Å². The second-order valence-electron chi connectivity index (χ2n) is 11.2. The van der Waals surface area contributed by atoms with Crippen LogP contribution in [0.1, 0.15) is 94.3 Å². The Morgan fingerprint density at radius 1 is 0.853 bits per heavy atom. The summed E-state index contributed by atoms with van der Waals surface area (Å²) in [5, 5.41) is 2.11. The van der Waals surface area contributed by atoms with Crippen LogP contribution >= 0.6 is 0 Å². The number of piperidine rings is 1. The van der Waals surface area contributed by atoms with E-state index in [1.54, 1.807) is 0 Å². The molecule has 4 nitrogen and oxygen atoms in total. The summed E-state index contributed by atoms with van der Waals surface area (Å²) in [6, 6.07) is 17.8. The lowest BCUT2D eigenvalue weighted by Crippen LogP contribution is -2.59. The van der Waals surface area contributed by atoms with E-state index in [2.05, 4.69) is 94.8 Å². The van der Waals surface area contributed by atoms with Gasteiger partial charge in [0.25, 0.3) is 0 Å². The minimum Gasteiger partial charge on any atom is -0.413 e. The van der Waals surface area contributed by atoms with Gasteiger partial charge in [-0.3, -0.25) is 0 Å². The molecule has 4 rings (SSSR count). The molecule has 0 unspecified atom stereocenters. The van der Waals surface area contributed by atoms with E-state index in [9.17, 15) is 0 Å². The van der Waals surface area contributed by atoms with Crippen molar-refractivity contribution in [3.8, 4) is 0 Å². The van der Waals surface area contributed by atoms with Crippen LogP contribution < -0.4 is 0 Å². The third-order valence-corrected chi connectivity index (χ3v) is 7.34. The molecule has 2 fully saturated rings. The van der Waals surface area contributed by atoms with E-state index < -0.39 is 0 Å². The van der Waals surface area contributed by atoms with Crippen molar-refractivity contribution in [3.05, 3.63) is 83.6 Å². The third-order valence-electron chi connectivity index (χ3n) is 7.34. The number of ether oxygens (including phenoxy) is 2. The van der Waals surface area contributed by atoms with Gasteiger partial charge in [-0.15, -0.1) is 5.06 Å². The first-order valence-electron chi connectivity index (χ1n) is 12.7. The Kier molecular flexibility index (Phi) is 7.51. The molecule has 0 spiro atoms. The molecule has 34 heavy (non-hydrogen) atoms. The number of rotatable bonds is 7. The molecule has 2 aromatic rings. The zero-order valence-electron chi connectivity index (χ0n) is 21.5. The molecule has 2 aliphatic heterocycles. The summed E-state index contributed by atoms with van der Waals surface area (Å²) in [4.78, 5) is 5.82. The van der Waals surface area contributed by atoms with Crippen LogP contribution in [0.15, 0.2) is 61.4 Å². The predicted octanol–water partition coefficient (Wildman–Crippen LogP) is 7.28. The standard InChI is InChI=1S/C30H41NO3/c1-7-9-22-10-12-24(13-11-22)27-20-32-28(33-21-27)25-16-14-23(15-17-25)26-18-29(3,4)31(34-8-2)30(5,6)19-26/h8,10-17,26-28H,2,7,9,18-21H2,1,3-6H3. The van der Waals surface area contributed by atoms with Gasteiger partial charge in [0.05, 0.1) is 24.3 Å². The van der Waals surface area contributed by atoms with Crippen LogP contribution in [0, 0.1) is 0 Å². The van der Waals surface area contributed by atoms with Crippen molar-refractivity contribution in [3.63, 3.8) is 0 Å². The fraction of sp³-hybridized carbons (Fsp3) is 0.533. The normalized spacial score (nSPS) is 25.1. The highest BCUT2D eigenvalue weighted by Crippen LogP contribution is 2.46. The first-order chi connectivity index (χ1) is 16.2. The van der Waals surface area contributed by atoms with Crippen LogP contribution in [0.3, 0.4) is 0 Å². The Morgan fingerprint density at radius 2 is 1.35 bits per heavy atom. The summed E-state index contributed by atoms with van der Waals surface area (Å²) in [6.07, 6.45) is 5.60. The molecule has 2 heterocycles. The van der Waals surface area contributed by atoms with Gasteiger partial charge in [-0.05, 0) is 69.6 Å². The highest BCUT2D eigenvalue weighted by molar-refractivity contribution is 5.29. The van der Waals surface area contributed by atoms with Gasteiger partial charge in [0.1, 0.15) is 6.26 Å². The maximum absolute atomic E-state index is 6.15. The minimum atomic E-state index is -0.291. The molecule has 0 aliphatic carbocycles. The average Bonchev–Trinajstić information content (AvgIpc) is 2.82. The third kappa shape index (κ3) is 5.40. The lowest BCUT2D eigenvalue weighted by molar-refractivity contribution is -0.249. The van der Waals surface area contributed by atoms with Gasteiger partial charge >= 0.3 is 0 Å². The Labute approximate surface area is 205 Å². The molecule has 0 N–H and O–H groups in total. The molecule has 184 valence electrons. The number of hydrogen-bond acceptors (Lipinski definition) is 4. The number of benzene rings is 2. The molecule has 2 saturated heterocycles. The fourth-order valence-electron chi connectivity index (χ4n) is 5.92. The van der Waals surface area contributed by atoms with Gasteiger partial charge in [-0.1, -0.05) is 68.5 Å². The Balaban J connectivity index is 1.37. The molecule has 0 amide bonds. The second-order valence-corrected chi connectivity index (χ2v) is 11.2. The molecule has 0 saturated carbocycles. The Bertz CT molecular complexity index is 922. The van der Waals surface area contributed by atoms with Gasteiger partial charge < -0.3 is 14.3 Å². The van der Waals surface area contributed by atoms with Crippen LogP contribution in [0.25, 0.3) is 0 Å². The van der Waals surface area contributed by atoms with Crippen LogP contribution in [-0.4, -0.2) is 29.4 Å². The molecule has 0 atom stereocenters. The zero-order valence-corrected chi connectivity index (χ0v) is 21.5. The van der Waals surface area contributed by atoms with Crippen LogP contribution in [0.5, 0.6) is 0 Å². The molecular weight excluding hydrogens is 422 g/mol. The van der Waals surface area contributed by atoms with E-state index in [0.717, 1.165) is 24.8 Å². The van der Waals surface area contributed by atoms with Crippen molar-refractivity contribution in [2.45, 2.75) is 89.5 Å². The lowest BCUT2D eigenvalue weighted by Gasteiger charge is -2.53. The first kappa shape index (κ1) is 25.0. The SMILES string of the molecule is C=CON1C(C)(C)CC(c2ccc(C3OCC(c4ccc(CCC)cc4)CO3)cc2)CC1(C)C. The van der Waals surface area contributed by atoms with Gasteiger partial charge in [-0.25, -0.2) is 0 Å². The summed E-state index contributed by atoms with van der Waals surface area (Å²) in [5.41, 5.74) is 4.98. The molecule has 2 aromatic carbocycles. The maximum Gasteiger partial charge on any atom is 0.183 e. The number of nitrogens with zero attached hydrogens (tertiary/aromatic N) is 1. The molecule has 0 bridgehead atoms. The van der Waals surface area contributed by atoms with Gasteiger partial charge in [0, 0.05) is 11.5 Å². The van der Waals surface area contributed by atoms with E-state index in [-0.39, 0.29) is 17.4 Å².